The number of hydrogen-bond donors (Lipinski definition) is 1. The first kappa shape index (κ1) is 23.3. The van der Waals surface area contributed by atoms with E-state index in [1.54, 1.807) is 0 Å². The molecule has 0 radical (unpaired) electrons. The SMILES string of the molecule is CCOc1ccccc1O[C@@H]1CCCN(c2c(I)cccc2CNC(=O)c2cncnc2)C1. The summed E-state index contributed by atoms with van der Waals surface area (Å²) in [5.41, 5.74) is 2.67. The largest absolute Gasteiger partial charge is 0.490 e. The number of amides is 1. The third-order valence-electron chi connectivity index (χ3n) is 5.47. The van der Waals surface area contributed by atoms with E-state index < -0.39 is 0 Å². The summed E-state index contributed by atoms with van der Waals surface area (Å²) < 4.78 is 13.3. The Balaban J connectivity index is 1.47. The molecule has 172 valence electrons. The Kier molecular flexibility index (Phi) is 7.98. The topological polar surface area (TPSA) is 76.6 Å². The van der Waals surface area contributed by atoms with Gasteiger partial charge in [0.15, 0.2) is 11.5 Å². The molecule has 0 aliphatic carbocycles. The lowest BCUT2D eigenvalue weighted by Gasteiger charge is -2.36. The number of aromatic nitrogens is 2. The van der Waals surface area contributed by atoms with Crippen molar-refractivity contribution in [2.75, 3.05) is 24.6 Å². The Morgan fingerprint density at radius 2 is 1.94 bits per heavy atom. The van der Waals surface area contributed by atoms with E-state index in [1.165, 1.54) is 18.7 Å². The number of piperidine rings is 1. The Labute approximate surface area is 207 Å². The van der Waals surface area contributed by atoms with Crippen molar-refractivity contribution >= 4 is 34.2 Å². The molecule has 1 aromatic heterocycles. The van der Waals surface area contributed by atoms with Crippen LogP contribution in [0.2, 0.25) is 0 Å². The average Bonchev–Trinajstić information content (AvgIpc) is 2.84. The van der Waals surface area contributed by atoms with Crippen LogP contribution in [0, 0.1) is 3.57 Å². The van der Waals surface area contributed by atoms with Gasteiger partial charge in [-0.1, -0.05) is 24.3 Å². The van der Waals surface area contributed by atoms with Gasteiger partial charge in [-0.15, -0.1) is 0 Å². The molecular weight excluding hydrogens is 531 g/mol. The first-order chi connectivity index (χ1) is 16.2. The summed E-state index contributed by atoms with van der Waals surface area (Å²) in [6.45, 7) is 4.72. The normalized spacial score (nSPS) is 15.7. The Morgan fingerprint density at radius 3 is 2.73 bits per heavy atom. The number of nitrogens with zero attached hydrogens (tertiary/aromatic N) is 3. The van der Waals surface area contributed by atoms with Crippen LogP contribution < -0.4 is 19.7 Å². The van der Waals surface area contributed by atoms with Gasteiger partial charge in [-0.2, -0.15) is 0 Å². The van der Waals surface area contributed by atoms with Crippen molar-refractivity contribution < 1.29 is 14.3 Å². The molecule has 0 saturated carbocycles. The van der Waals surface area contributed by atoms with Gasteiger partial charge in [0, 0.05) is 29.1 Å². The van der Waals surface area contributed by atoms with Gasteiger partial charge < -0.3 is 19.7 Å². The van der Waals surface area contributed by atoms with E-state index >= 15 is 0 Å². The molecule has 0 bridgehead atoms. The molecule has 1 aliphatic heterocycles. The van der Waals surface area contributed by atoms with E-state index in [0.29, 0.717) is 18.7 Å². The highest BCUT2D eigenvalue weighted by molar-refractivity contribution is 14.1. The second-order valence-electron chi connectivity index (χ2n) is 7.77. The van der Waals surface area contributed by atoms with Crippen LogP contribution in [0.15, 0.2) is 61.2 Å². The van der Waals surface area contributed by atoms with Crippen LogP contribution >= 0.6 is 22.6 Å². The summed E-state index contributed by atoms with van der Waals surface area (Å²) in [7, 11) is 0. The van der Waals surface area contributed by atoms with Crippen molar-refractivity contribution in [3.8, 4) is 11.5 Å². The first-order valence-corrected chi connectivity index (χ1v) is 12.2. The quantitative estimate of drug-likeness (QED) is 0.412. The molecule has 1 aliphatic rings. The van der Waals surface area contributed by atoms with Gasteiger partial charge in [0.25, 0.3) is 5.91 Å². The summed E-state index contributed by atoms with van der Waals surface area (Å²) in [6.07, 6.45) is 6.52. The predicted octanol–water partition coefficient (Wildman–Crippen LogP) is 4.46. The molecule has 8 heteroatoms. The van der Waals surface area contributed by atoms with E-state index in [9.17, 15) is 4.79 Å². The molecule has 1 atom stereocenters. The minimum absolute atomic E-state index is 0.0558. The highest BCUT2D eigenvalue weighted by atomic mass is 127. The molecule has 2 heterocycles. The van der Waals surface area contributed by atoms with Gasteiger partial charge in [-0.3, -0.25) is 4.79 Å². The molecule has 1 saturated heterocycles. The fourth-order valence-corrected chi connectivity index (χ4v) is 4.89. The van der Waals surface area contributed by atoms with Crippen molar-refractivity contribution in [1.82, 2.24) is 15.3 Å². The van der Waals surface area contributed by atoms with Crippen LogP contribution in [0.25, 0.3) is 0 Å². The van der Waals surface area contributed by atoms with Crippen molar-refractivity contribution in [1.29, 1.82) is 0 Å². The number of carbonyl (C=O) groups excluding carboxylic acids is 1. The maximum atomic E-state index is 12.5. The summed E-state index contributed by atoms with van der Waals surface area (Å²) in [5.74, 6) is 1.37. The standard InChI is InChI=1S/C25H27IN4O3/c1-2-32-22-10-3-4-11-23(22)33-20-8-6-12-30(16-20)24-18(7-5-9-21(24)26)15-29-25(31)19-13-27-17-28-14-19/h3-5,7,9-11,13-14,17,20H,2,6,8,12,15-16H2,1H3,(H,29,31)/t20-/m1/s1. The zero-order valence-corrected chi connectivity index (χ0v) is 20.7. The molecule has 4 rings (SSSR count). The number of hydrogen-bond acceptors (Lipinski definition) is 6. The van der Waals surface area contributed by atoms with Crippen LogP contribution in [0.3, 0.4) is 0 Å². The number of halogens is 1. The van der Waals surface area contributed by atoms with Crippen molar-refractivity contribution in [2.24, 2.45) is 0 Å². The van der Waals surface area contributed by atoms with E-state index in [0.717, 1.165) is 52.3 Å². The van der Waals surface area contributed by atoms with E-state index in [2.05, 4.69) is 54.9 Å². The molecule has 1 N–H and O–H groups in total. The third kappa shape index (κ3) is 5.93. The molecule has 1 amide bonds. The Hall–Kier alpha value is -2.88. The molecule has 0 unspecified atom stereocenters. The highest BCUT2D eigenvalue weighted by Gasteiger charge is 2.25. The van der Waals surface area contributed by atoms with Gasteiger partial charge in [0.2, 0.25) is 0 Å². The van der Waals surface area contributed by atoms with Crippen molar-refractivity contribution in [3.63, 3.8) is 0 Å². The number of carbonyl (C=O) groups is 1. The van der Waals surface area contributed by atoms with E-state index in [-0.39, 0.29) is 12.0 Å². The van der Waals surface area contributed by atoms with Gasteiger partial charge >= 0.3 is 0 Å². The van der Waals surface area contributed by atoms with Crippen molar-refractivity contribution in [2.45, 2.75) is 32.4 Å². The van der Waals surface area contributed by atoms with Gasteiger partial charge in [0.1, 0.15) is 12.4 Å². The van der Waals surface area contributed by atoms with Crippen LogP contribution in [0.5, 0.6) is 11.5 Å². The number of para-hydroxylation sites is 3. The lowest BCUT2D eigenvalue weighted by Crippen LogP contribution is -2.42. The number of nitrogens with one attached hydrogen (secondary N) is 1. The first-order valence-electron chi connectivity index (χ1n) is 11.1. The summed E-state index contributed by atoms with van der Waals surface area (Å²) in [4.78, 5) is 22.7. The van der Waals surface area contributed by atoms with Gasteiger partial charge in [0.05, 0.1) is 24.4 Å². The summed E-state index contributed by atoms with van der Waals surface area (Å²) in [6, 6.07) is 14.0. The van der Waals surface area contributed by atoms with Crippen LogP contribution in [-0.2, 0) is 6.54 Å². The van der Waals surface area contributed by atoms with Gasteiger partial charge in [-0.05, 0) is 66.1 Å². The Bertz CT molecular complexity index is 1080. The zero-order chi connectivity index (χ0) is 23.0. The van der Waals surface area contributed by atoms with Crippen LogP contribution in [0.4, 0.5) is 5.69 Å². The fourth-order valence-electron chi connectivity index (χ4n) is 3.99. The lowest BCUT2D eigenvalue weighted by atomic mass is 10.0. The number of anilines is 1. The van der Waals surface area contributed by atoms with Crippen LogP contribution in [-0.4, -0.2) is 41.7 Å². The molecule has 0 spiro atoms. The molecule has 33 heavy (non-hydrogen) atoms. The number of benzene rings is 2. The van der Waals surface area contributed by atoms with E-state index in [1.807, 2.05) is 37.3 Å². The maximum absolute atomic E-state index is 12.5. The summed E-state index contributed by atoms with van der Waals surface area (Å²) >= 11 is 2.37. The minimum Gasteiger partial charge on any atom is -0.490 e. The smallest absolute Gasteiger partial charge is 0.254 e. The van der Waals surface area contributed by atoms with Gasteiger partial charge in [-0.25, -0.2) is 9.97 Å². The number of ether oxygens (including phenoxy) is 2. The third-order valence-corrected chi connectivity index (χ3v) is 6.34. The van der Waals surface area contributed by atoms with Crippen LogP contribution in [0.1, 0.15) is 35.7 Å². The maximum Gasteiger partial charge on any atom is 0.254 e. The minimum atomic E-state index is -0.187. The Morgan fingerprint density at radius 1 is 1.15 bits per heavy atom. The number of rotatable bonds is 8. The lowest BCUT2D eigenvalue weighted by molar-refractivity contribution is 0.0950. The predicted molar refractivity (Wildman–Crippen MR) is 136 cm³/mol. The molecule has 3 aromatic rings. The molecule has 7 nitrogen and oxygen atoms in total. The fraction of sp³-hybridized carbons (Fsp3) is 0.320. The highest BCUT2D eigenvalue weighted by Crippen LogP contribution is 2.33. The summed E-state index contributed by atoms with van der Waals surface area (Å²) in [5, 5.41) is 3.00. The molecule has 2 aromatic carbocycles. The zero-order valence-electron chi connectivity index (χ0n) is 18.5. The second-order valence-corrected chi connectivity index (χ2v) is 8.93. The van der Waals surface area contributed by atoms with Crippen molar-refractivity contribution in [3.05, 3.63) is 75.9 Å². The molecule has 1 fully saturated rings. The molecular formula is C25H27IN4O3. The second kappa shape index (κ2) is 11.3. The van der Waals surface area contributed by atoms with E-state index in [4.69, 9.17) is 9.47 Å². The average molecular weight is 558 g/mol. The monoisotopic (exact) mass is 558 g/mol.